The predicted octanol–water partition coefficient (Wildman–Crippen LogP) is -0.399. The van der Waals surface area contributed by atoms with Crippen LogP contribution in [0.1, 0.15) is 0 Å². The fourth-order valence-corrected chi connectivity index (χ4v) is 0. The Kier molecular flexibility index (Phi) is 407. The summed E-state index contributed by atoms with van der Waals surface area (Å²) in [6.07, 6.45) is 3.00. The van der Waals surface area contributed by atoms with Crippen molar-refractivity contribution in [1.82, 2.24) is 0 Å². The minimum absolute atomic E-state index is 0. The quantitative estimate of drug-likeness (QED) is 0.248. The fourth-order valence-electron chi connectivity index (χ4n) is 0. The normalized spacial score (nSPS) is 2.46. The Hall–Kier alpha value is -1.77. The van der Waals surface area contributed by atoms with Gasteiger partial charge >= 0.3 is 0 Å². The summed E-state index contributed by atoms with van der Waals surface area (Å²) >= 11 is 0. The van der Waals surface area contributed by atoms with Gasteiger partial charge in [0, 0.05) is 21.7 Å². The molecule has 8 nitrogen and oxygen atoms in total. The first kappa shape index (κ1) is 30.3. The van der Waals surface area contributed by atoms with Crippen molar-refractivity contribution in [1.29, 1.82) is 21.6 Å². The zero-order valence-electron chi connectivity index (χ0n) is 6.13. The smallest absolute Gasteiger partial charge is 0.222 e. The van der Waals surface area contributed by atoms with Gasteiger partial charge in [-0.3, -0.25) is 0 Å². The summed E-state index contributed by atoms with van der Waals surface area (Å²) in [6.45, 7) is 0. The van der Waals surface area contributed by atoms with E-state index in [2.05, 4.69) is 0 Å². The van der Waals surface area contributed by atoms with Crippen molar-refractivity contribution >= 4 is 24.3 Å². The molecule has 0 aliphatic carbocycles. The van der Waals surface area contributed by atoms with Crippen LogP contribution in [-0.4, -0.2) is 24.3 Å². The third-order valence-corrected chi connectivity index (χ3v) is 0. The van der Waals surface area contributed by atoms with Crippen molar-refractivity contribution in [3.05, 3.63) is 0 Å². The van der Waals surface area contributed by atoms with Crippen molar-refractivity contribution in [3.63, 3.8) is 0 Å². The molecule has 0 aromatic rings. The van der Waals surface area contributed by atoms with Crippen LogP contribution in [0.5, 0.6) is 0 Å². The molecular formula is C4H4N4O4Ti. The van der Waals surface area contributed by atoms with Gasteiger partial charge in [0.1, 0.15) is 0 Å². The number of carbonyl (C=O) groups excluding carboxylic acids is 4. The van der Waals surface area contributed by atoms with Gasteiger partial charge in [-0.05, 0) is 0 Å². The molecule has 68 valence electrons. The Morgan fingerprint density at radius 1 is 0.538 bits per heavy atom. The average Bonchev–Trinajstić information content (AvgIpc) is 1.92. The van der Waals surface area contributed by atoms with Gasteiger partial charge in [0.2, 0.25) is 24.3 Å². The third-order valence-electron chi connectivity index (χ3n) is 0. The summed E-state index contributed by atoms with van der Waals surface area (Å²) < 4.78 is 0. The van der Waals surface area contributed by atoms with Crippen LogP contribution < -0.4 is 0 Å². The van der Waals surface area contributed by atoms with Crippen LogP contribution in [0.2, 0.25) is 0 Å². The maximum Gasteiger partial charge on any atom is 0.231 e. The minimum Gasteiger partial charge on any atom is -0.222 e. The van der Waals surface area contributed by atoms with Gasteiger partial charge in [-0.25, -0.2) is 40.8 Å². The van der Waals surface area contributed by atoms with Crippen molar-refractivity contribution in [3.8, 4) is 0 Å². The van der Waals surface area contributed by atoms with Gasteiger partial charge in [0.25, 0.3) is 0 Å². The molecule has 0 aromatic carbocycles. The molecule has 4 N–H and O–H groups in total. The number of hydrogen-bond acceptors (Lipinski definition) is 8. The van der Waals surface area contributed by atoms with Crippen LogP contribution in [0.25, 0.3) is 0 Å². The maximum absolute atomic E-state index is 8.35. The molecule has 0 aliphatic heterocycles. The molecule has 0 bridgehead atoms. The first-order chi connectivity index (χ1) is 5.66. The van der Waals surface area contributed by atoms with Crippen LogP contribution >= 0.6 is 0 Å². The summed E-state index contributed by atoms with van der Waals surface area (Å²) in [6, 6.07) is 0. The van der Waals surface area contributed by atoms with Gasteiger partial charge in [-0.1, -0.05) is 0 Å². The van der Waals surface area contributed by atoms with Gasteiger partial charge in [-0.2, -0.15) is 0 Å². The zero-order valence-corrected chi connectivity index (χ0v) is 7.69. The summed E-state index contributed by atoms with van der Waals surface area (Å²) in [5.74, 6) is 0. The van der Waals surface area contributed by atoms with E-state index in [1.807, 2.05) is 0 Å². The summed E-state index contributed by atoms with van der Waals surface area (Å²) in [5, 5.41) is 21.6. The molecule has 0 saturated heterocycles. The second-order valence-corrected chi connectivity index (χ2v) is 0.408. The monoisotopic (exact) mass is 220 g/mol. The summed E-state index contributed by atoms with van der Waals surface area (Å²) in [4.78, 5) is 33.4. The van der Waals surface area contributed by atoms with E-state index >= 15 is 0 Å². The minimum atomic E-state index is 0. The van der Waals surface area contributed by atoms with Crippen LogP contribution in [0.3, 0.4) is 0 Å². The van der Waals surface area contributed by atoms with E-state index < -0.39 is 0 Å². The molecule has 13 heavy (non-hydrogen) atoms. The first-order valence-corrected chi connectivity index (χ1v) is 1.82. The van der Waals surface area contributed by atoms with E-state index in [1.165, 1.54) is 0 Å². The van der Waals surface area contributed by atoms with Crippen molar-refractivity contribution in [2.45, 2.75) is 0 Å². The Morgan fingerprint density at radius 3 is 0.538 bits per heavy atom. The predicted molar refractivity (Wildman–Crippen MR) is 33.7 cm³/mol. The Morgan fingerprint density at radius 2 is 0.538 bits per heavy atom. The molecular weight excluding hydrogens is 216 g/mol. The zero-order chi connectivity index (χ0) is 10.8. The third kappa shape index (κ3) is 223. The Labute approximate surface area is 87.2 Å². The summed E-state index contributed by atoms with van der Waals surface area (Å²) in [7, 11) is 0. The molecule has 0 aromatic heterocycles. The van der Waals surface area contributed by atoms with E-state index in [0.29, 0.717) is 0 Å². The standard InChI is InChI=1S/4CHNO.Ti/c4*2-1-3;/h4*2H;. The maximum atomic E-state index is 8.35. The van der Waals surface area contributed by atoms with Gasteiger partial charge in [0.05, 0.1) is 0 Å². The van der Waals surface area contributed by atoms with Crippen LogP contribution in [-0.2, 0) is 40.9 Å². The van der Waals surface area contributed by atoms with Crippen molar-refractivity contribution < 1.29 is 40.9 Å². The van der Waals surface area contributed by atoms with E-state index in [0.717, 1.165) is 24.3 Å². The molecule has 0 heterocycles. The molecule has 0 atom stereocenters. The number of isocyanates is 4. The van der Waals surface area contributed by atoms with Crippen LogP contribution in [0.15, 0.2) is 0 Å². The number of nitrogens with one attached hydrogen (secondary N) is 4. The second kappa shape index (κ2) is 175. The topological polar surface area (TPSA) is 164 Å². The van der Waals surface area contributed by atoms with E-state index in [9.17, 15) is 0 Å². The molecule has 0 saturated carbocycles. The molecule has 0 fully saturated rings. The fraction of sp³-hybridized carbons (Fsp3) is 0. The van der Waals surface area contributed by atoms with Gasteiger partial charge < -0.3 is 0 Å². The summed E-state index contributed by atoms with van der Waals surface area (Å²) in [5.41, 5.74) is 0. The van der Waals surface area contributed by atoms with Crippen LogP contribution in [0.4, 0.5) is 0 Å². The van der Waals surface area contributed by atoms with Gasteiger partial charge in [0.15, 0.2) is 0 Å². The Balaban J connectivity index is -0.0000000213. The molecule has 0 unspecified atom stereocenters. The van der Waals surface area contributed by atoms with Crippen molar-refractivity contribution in [2.24, 2.45) is 0 Å². The largest absolute Gasteiger partial charge is 0.231 e. The van der Waals surface area contributed by atoms with E-state index in [4.69, 9.17) is 40.8 Å². The molecule has 0 spiro atoms. The molecule has 0 amide bonds. The number of hydrogen-bond donors (Lipinski definition) is 4. The molecule has 9 heteroatoms. The van der Waals surface area contributed by atoms with Crippen LogP contribution in [0, 0.1) is 21.6 Å². The average molecular weight is 220 g/mol. The molecule has 0 radical (unpaired) electrons. The van der Waals surface area contributed by atoms with E-state index in [1.54, 1.807) is 0 Å². The number of rotatable bonds is 0. The second-order valence-electron chi connectivity index (χ2n) is 0.408. The SMILES string of the molecule is N=C=O.N=C=O.N=C=O.N=C=O.[Ti]. The first-order valence-electron chi connectivity index (χ1n) is 1.82. The molecule has 0 aliphatic rings. The Bertz CT molecular complexity index is 156. The van der Waals surface area contributed by atoms with E-state index in [-0.39, 0.29) is 21.7 Å². The van der Waals surface area contributed by atoms with Gasteiger partial charge in [-0.15, -0.1) is 0 Å². The van der Waals surface area contributed by atoms with Crippen molar-refractivity contribution in [2.75, 3.05) is 0 Å². The molecule has 0 rings (SSSR count).